The number of carbonyl (C=O) groups excluding carboxylic acids is 2. The Morgan fingerprint density at radius 1 is 1.35 bits per heavy atom. The van der Waals surface area contributed by atoms with Crippen molar-refractivity contribution >= 4 is 12.3 Å². The maximum absolute atomic E-state index is 11.5. The van der Waals surface area contributed by atoms with Crippen LogP contribution in [0, 0.1) is 11.3 Å². The molecule has 0 aliphatic carbocycles. The van der Waals surface area contributed by atoms with Crippen LogP contribution in [0.25, 0.3) is 0 Å². The second-order valence-corrected chi connectivity index (χ2v) is 5.57. The fourth-order valence-electron chi connectivity index (χ4n) is 1.12. The highest BCUT2D eigenvalue weighted by atomic mass is 16.5. The third kappa shape index (κ3) is 7.72. The van der Waals surface area contributed by atoms with Crippen LogP contribution in [0.15, 0.2) is 11.6 Å². The van der Waals surface area contributed by atoms with Gasteiger partial charge in [0.25, 0.3) is 0 Å². The van der Waals surface area contributed by atoms with Crippen molar-refractivity contribution in [3.63, 3.8) is 0 Å². The van der Waals surface area contributed by atoms with Gasteiger partial charge in [-0.2, -0.15) is 0 Å². The Balaban J connectivity index is 3.94. The predicted octanol–water partition coefficient (Wildman–Crippen LogP) is 3.14. The lowest BCUT2D eigenvalue weighted by Gasteiger charge is -2.16. The van der Waals surface area contributed by atoms with Crippen LogP contribution < -0.4 is 0 Å². The Hall–Kier alpha value is -1.12. The van der Waals surface area contributed by atoms with Crippen LogP contribution in [0.4, 0.5) is 0 Å². The van der Waals surface area contributed by atoms with Crippen molar-refractivity contribution in [3.05, 3.63) is 11.6 Å². The molecular weight excluding hydrogens is 216 g/mol. The Morgan fingerprint density at radius 3 is 2.41 bits per heavy atom. The van der Waals surface area contributed by atoms with Gasteiger partial charge in [0.2, 0.25) is 0 Å². The molecule has 0 heterocycles. The molecule has 0 rings (SSSR count). The molecule has 0 aliphatic heterocycles. The largest absolute Gasteiger partial charge is 0.461 e. The summed E-state index contributed by atoms with van der Waals surface area (Å²) < 4.78 is 5.18. The van der Waals surface area contributed by atoms with Gasteiger partial charge in [-0.15, -0.1) is 0 Å². The number of carbonyl (C=O) groups is 2. The second-order valence-electron chi connectivity index (χ2n) is 5.57. The van der Waals surface area contributed by atoms with E-state index in [9.17, 15) is 9.59 Å². The van der Waals surface area contributed by atoms with Gasteiger partial charge in [-0.05, 0) is 46.1 Å². The lowest BCUT2D eigenvalue weighted by atomic mass is 9.97. The van der Waals surface area contributed by atoms with E-state index in [1.54, 1.807) is 0 Å². The van der Waals surface area contributed by atoms with E-state index in [4.69, 9.17) is 4.74 Å². The second kappa shape index (κ2) is 7.25. The minimum absolute atomic E-state index is 0.0937. The standard InChI is InChI=1S/C14H24O3/c1-11(9-15)7-6-8-12(2)10-17-13(16)14(3,4)5/h8-9,11H,6-7,10H2,1-5H3. The van der Waals surface area contributed by atoms with E-state index in [1.807, 2.05) is 40.7 Å². The summed E-state index contributed by atoms with van der Waals surface area (Å²) in [6.45, 7) is 9.67. The SMILES string of the molecule is CC(=CCCC(C)C=O)COC(=O)C(C)(C)C. The van der Waals surface area contributed by atoms with Crippen LogP contribution in [0.2, 0.25) is 0 Å². The van der Waals surface area contributed by atoms with Crippen molar-refractivity contribution in [1.82, 2.24) is 0 Å². The van der Waals surface area contributed by atoms with E-state index in [-0.39, 0.29) is 11.9 Å². The lowest BCUT2D eigenvalue weighted by molar-refractivity contribution is -0.151. The van der Waals surface area contributed by atoms with Gasteiger partial charge in [-0.3, -0.25) is 4.79 Å². The molecule has 0 N–H and O–H groups in total. The molecule has 98 valence electrons. The zero-order valence-electron chi connectivity index (χ0n) is 11.6. The highest BCUT2D eigenvalue weighted by Crippen LogP contribution is 2.15. The number of rotatable bonds is 6. The Labute approximate surface area is 104 Å². The molecule has 0 amide bonds. The van der Waals surface area contributed by atoms with Crippen LogP contribution in [-0.4, -0.2) is 18.9 Å². The quantitative estimate of drug-likeness (QED) is 0.407. The van der Waals surface area contributed by atoms with Crippen LogP contribution in [0.1, 0.15) is 47.5 Å². The third-order valence-electron chi connectivity index (χ3n) is 2.39. The molecule has 0 saturated heterocycles. The first kappa shape index (κ1) is 15.9. The fraction of sp³-hybridized carbons (Fsp3) is 0.714. The van der Waals surface area contributed by atoms with E-state index in [1.165, 1.54) is 0 Å². The average molecular weight is 240 g/mol. The third-order valence-corrected chi connectivity index (χ3v) is 2.39. The minimum Gasteiger partial charge on any atom is -0.461 e. The van der Waals surface area contributed by atoms with Gasteiger partial charge in [0.05, 0.1) is 5.41 Å². The normalized spacial score (nSPS) is 14.3. The summed E-state index contributed by atoms with van der Waals surface area (Å²) in [6.07, 6.45) is 4.67. The molecule has 3 nitrogen and oxygen atoms in total. The molecule has 0 bridgehead atoms. The molecule has 0 aliphatic rings. The van der Waals surface area contributed by atoms with Crippen molar-refractivity contribution in [2.75, 3.05) is 6.61 Å². The van der Waals surface area contributed by atoms with Crippen LogP contribution >= 0.6 is 0 Å². The van der Waals surface area contributed by atoms with E-state index >= 15 is 0 Å². The van der Waals surface area contributed by atoms with Gasteiger partial charge in [-0.25, -0.2) is 0 Å². The maximum atomic E-state index is 11.5. The number of ether oxygens (including phenoxy) is 1. The number of aldehydes is 1. The minimum atomic E-state index is -0.452. The highest BCUT2D eigenvalue weighted by Gasteiger charge is 2.22. The molecule has 0 aromatic heterocycles. The smallest absolute Gasteiger partial charge is 0.311 e. The van der Waals surface area contributed by atoms with Crippen LogP contribution in [0.3, 0.4) is 0 Å². The molecule has 1 atom stereocenters. The number of allylic oxidation sites excluding steroid dienone is 1. The molecule has 0 saturated carbocycles. The molecule has 0 fully saturated rings. The van der Waals surface area contributed by atoms with Gasteiger partial charge >= 0.3 is 5.97 Å². The molecule has 17 heavy (non-hydrogen) atoms. The van der Waals surface area contributed by atoms with Gasteiger partial charge in [0.15, 0.2) is 0 Å². The van der Waals surface area contributed by atoms with Gasteiger partial charge in [0, 0.05) is 5.92 Å². The molecule has 0 aromatic carbocycles. The Kier molecular flexibility index (Phi) is 6.78. The van der Waals surface area contributed by atoms with Gasteiger partial charge < -0.3 is 9.53 Å². The van der Waals surface area contributed by atoms with Crippen LogP contribution in [0.5, 0.6) is 0 Å². The first-order valence-corrected chi connectivity index (χ1v) is 6.05. The van der Waals surface area contributed by atoms with Crippen molar-refractivity contribution in [2.45, 2.75) is 47.5 Å². The van der Waals surface area contributed by atoms with E-state index in [0.29, 0.717) is 6.61 Å². The van der Waals surface area contributed by atoms with Crippen molar-refractivity contribution in [1.29, 1.82) is 0 Å². The first-order valence-electron chi connectivity index (χ1n) is 6.05. The maximum Gasteiger partial charge on any atom is 0.311 e. The summed E-state index contributed by atoms with van der Waals surface area (Å²) in [5.74, 6) is -0.0947. The van der Waals surface area contributed by atoms with Gasteiger partial charge in [-0.1, -0.05) is 13.0 Å². The highest BCUT2D eigenvalue weighted by molar-refractivity contribution is 5.75. The van der Waals surface area contributed by atoms with E-state index in [2.05, 4.69) is 0 Å². The first-order chi connectivity index (χ1) is 7.77. The summed E-state index contributed by atoms with van der Waals surface area (Å²) in [5, 5.41) is 0. The summed E-state index contributed by atoms with van der Waals surface area (Å²) in [6, 6.07) is 0. The molecule has 1 unspecified atom stereocenters. The summed E-state index contributed by atoms with van der Waals surface area (Å²) >= 11 is 0. The monoisotopic (exact) mass is 240 g/mol. The zero-order chi connectivity index (χ0) is 13.5. The fourth-order valence-corrected chi connectivity index (χ4v) is 1.12. The number of hydrogen-bond donors (Lipinski definition) is 0. The lowest BCUT2D eigenvalue weighted by Crippen LogP contribution is -2.23. The molecule has 0 aromatic rings. The Bertz CT molecular complexity index is 284. The zero-order valence-corrected chi connectivity index (χ0v) is 11.6. The predicted molar refractivity (Wildman–Crippen MR) is 68.6 cm³/mol. The Morgan fingerprint density at radius 2 is 1.94 bits per heavy atom. The van der Waals surface area contributed by atoms with Crippen LogP contribution in [-0.2, 0) is 14.3 Å². The molecule has 0 radical (unpaired) electrons. The number of hydrogen-bond acceptors (Lipinski definition) is 3. The summed E-state index contributed by atoms with van der Waals surface area (Å²) in [7, 11) is 0. The average Bonchev–Trinajstić information content (AvgIpc) is 2.24. The number of esters is 1. The van der Waals surface area contributed by atoms with E-state index in [0.717, 1.165) is 24.7 Å². The summed E-state index contributed by atoms with van der Waals surface area (Å²) in [5.41, 5.74) is 0.576. The van der Waals surface area contributed by atoms with Gasteiger partial charge in [0.1, 0.15) is 12.9 Å². The van der Waals surface area contributed by atoms with Crippen molar-refractivity contribution in [2.24, 2.45) is 11.3 Å². The van der Waals surface area contributed by atoms with Crippen molar-refractivity contribution < 1.29 is 14.3 Å². The molecular formula is C14H24O3. The van der Waals surface area contributed by atoms with E-state index < -0.39 is 5.41 Å². The molecule has 3 heteroatoms. The molecule has 0 spiro atoms. The topological polar surface area (TPSA) is 43.4 Å². The van der Waals surface area contributed by atoms with Crippen molar-refractivity contribution in [3.8, 4) is 0 Å². The summed E-state index contributed by atoms with van der Waals surface area (Å²) in [4.78, 5) is 21.9.